The fourth-order valence-corrected chi connectivity index (χ4v) is 1.20. The number of rotatable bonds is 5. The minimum Gasteiger partial charge on any atom is -0.491 e. The van der Waals surface area contributed by atoms with Gasteiger partial charge in [0.25, 0.3) is 6.43 Å². The molecule has 0 heterocycles. The Morgan fingerprint density at radius 3 is 2.19 bits per heavy atom. The molecule has 0 bridgehead atoms. The fourth-order valence-electron chi connectivity index (χ4n) is 1.20. The van der Waals surface area contributed by atoms with Crippen LogP contribution in [0.25, 0.3) is 0 Å². The summed E-state index contributed by atoms with van der Waals surface area (Å²) < 4.78 is 29.0. The highest BCUT2D eigenvalue weighted by atomic mass is 19.3. The Morgan fingerprint density at radius 1 is 1.19 bits per heavy atom. The van der Waals surface area contributed by atoms with Gasteiger partial charge in [-0.05, 0) is 23.6 Å². The molecule has 1 aromatic carbocycles. The monoisotopic (exact) mass is 230 g/mol. The van der Waals surface area contributed by atoms with E-state index in [-0.39, 0.29) is 0 Å². The highest BCUT2D eigenvalue weighted by Crippen LogP contribution is 2.18. The predicted molar refractivity (Wildman–Crippen MR) is 58.0 cm³/mol. The number of ether oxygens (including phenoxy) is 1. The Kier molecular flexibility index (Phi) is 4.68. The largest absolute Gasteiger partial charge is 0.491 e. The van der Waals surface area contributed by atoms with Crippen molar-refractivity contribution in [3.8, 4) is 5.75 Å². The molecule has 4 heteroatoms. The lowest BCUT2D eigenvalue weighted by Crippen LogP contribution is -2.25. The van der Waals surface area contributed by atoms with Crippen molar-refractivity contribution in [1.29, 1.82) is 0 Å². The van der Waals surface area contributed by atoms with Crippen LogP contribution < -0.4 is 4.74 Å². The molecule has 1 N–H and O–H groups in total. The summed E-state index contributed by atoms with van der Waals surface area (Å²) in [5.41, 5.74) is 1.15. The lowest BCUT2D eigenvalue weighted by Gasteiger charge is -2.12. The SMILES string of the molecule is CC(C)c1ccc(OC[C@H](O)C(F)F)cc1. The molecule has 1 atom stereocenters. The molecule has 2 nitrogen and oxygen atoms in total. The molecule has 1 aromatic rings. The minimum absolute atomic E-state index is 0.390. The second kappa shape index (κ2) is 5.80. The van der Waals surface area contributed by atoms with Crippen molar-refractivity contribution < 1.29 is 18.6 Å². The van der Waals surface area contributed by atoms with Crippen molar-refractivity contribution in [1.82, 2.24) is 0 Å². The quantitative estimate of drug-likeness (QED) is 0.842. The highest BCUT2D eigenvalue weighted by molar-refractivity contribution is 5.28. The molecule has 16 heavy (non-hydrogen) atoms. The van der Waals surface area contributed by atoms with Crippen LogP contribution >= 0.6 is 0 Å². The van der Waals surface area contributed by atoms with E-state index in [1.54, 1.807) is 12.1 Å². The van der Waals surface area contributed by atoms with Crippen molar-refractivity contribution in [2.75, 3.05) is 6.61 Å². The summed E-state index contributed by atoms with van der Waals surface area (Å²) in [4.78, 5) is 0. The van der Waals surface area contributed by atoms with Crippen LogP contribution in [0.1, 0.15) is 25.3 Å². The molecule has 0 aliphatic heterocycles. The molecule has 0 saturated heterocycles. The van der Waals surface area contributed by atoms with Crippen LogP contribution in [0.4, 0.5) is 8.78 Å². The van der Waals surface area contributed by atoms with Gasteiger partial charge < -0.3 is 9.84 Å². The average Bonchev–Trinajstić information content (AvgIpc) is 2.26. The molecular formula is C12H16F2O2. The normalized spacial score (nSPS) is 13.2. The van der Waals surface area contributed by atoms with Crippen LogP contribution in [-0.2, 0) is 0 Å². The number of hydrogen-bond donors (Lipinski definition) is 1. The van der Waals surface area contributed by atoms with E-state index in [1.165, 1.54) is 0 Å². The Balaban J connectivity index is 2.49. The first-order chi connectivity index (χ1) is 7.50. The molecule has 0 aliphatic rings. The van der Waals surface area contributed by atoms with Gasteiger partial charge >= 0.3 is 0 Å². The lowest BCUT2D eigenvalue weighted by atomic mass is 10.0. The Bertz CT molecular complexity index is 309. The van der Waals surface area contributed by atoms with E-state index in [4.69, 9.17) is 9.84 Å². The smallest absolute Gasteiger partial charge is 0.267 e. The van der Waals surface area contributed by atoms with E-state index in [0.717, 1.165) is 5.56 Å². The van der Waals surface area contributed by atoms with Gasteiger partial charge in [0.2, 0.25) is 0 Å². The van der Waals surface area contributed by atoms with Crippen LogP contribution in [0, 0.1) is 0 Å². The van der Waals surface area contributed by atoms with Gasteiger partial charge in [-0.3, -0.25) is 0 Å². The maximum absolute atomic E-state index is 12.0. The third kappa shape index (κ3) is 3.77. The maximum atomic E-state index is 12.0. The van der Waals surface area contributed by atoms with Gasteiger partial charge in [0.15, 0.2) is 0 Å². The van der Waals surface area contributed by atoms with E-state index in [2.05, 4.69) is 13.8 Å². The first-order valence-corrected chi connectivity index (χ1v) is 5.19. The lowest BCUT2D eigenvalue weighted by molar-refractivity contribution is -0.0283. The molecule has 0 aliphatic carbocycles. The third-order valence-corrected chi connectivity index (χ3v) is 2.26. The van der Waals surface area contributed by atoms with Gasteiger partial charge in [-0.1, -0.05) is 26.0 Å². The van der Waals surface area contributed by atoms with Gasteiger partial charge in [-0.25, -0.2) is 8.78 Å². The Morgan fingerprint density at radius 2 is 1.75 bits per heavy atom. The first-order valence-electron chi connectivity index (χ1n) is 5.19. The summed E-state index contributed by atoms with van der Waals surface area (Å²) in [7, 11) is 0. The van der Waals surface area contributed by atoms with E-state index in [1.807, 2.05) is 12.1 Å². The number of hydrogen-bond acceptors (Lipinski definition) is 2. The second-order valence-corrected chi connectivity index (χ2v) is 3.94. The molecular weight excluding hydrogens is 214 g/mol. The van der Waals surface area contributed by atoms with Gasteiger partial charge in [0.1, 0.15) is 18.5 Å². The van der Waals surface area contributed by atoms with Gasteiger partial charge in [0.05, 0.1) is 0 Å². The second-order valence-electron chi connectivity index (χ2n) is 3.94. The summed E-state index contributed by atoms with van der Waals surface area (Å²) in [6, 6.07) is 7.20. The molecule has 0 amide bonds. The first kappa shape index (κ1) is 12.9. The summed E-state index contributed by atoms with van der Waals surface area (Å²) in [5.74, 6) is 0.907. The molecule has 0 unspecified atom stereocenters. The van der Waals surface area contributed by atoms with E-state index >= 15 is 0 Å². The molecule has 90 valence electrons. The molecule has 0 saturated carbocycles. The summed E-state index contributed by atoms with van der Waals surface area (Å²) in [6.07, 6.45) is -4.50. The topological polar surface area (TPSA) is 29.5 Å². The molecule has 0 aromatic heterocycles. The summed E-state index contributed by atoms with van der Waals surface area (Å²) in [6.45, 7) is 3.74. The van der Waals surface area contributed by atoms with Crippen molar-refractivity contribution >= 4 is 0 Å². The average molecular weight is 230 g/mol. The van der Waals surface area contributed by atoms with Crippen molar-refractivity contribution in [2.24, 2.45) is 0 Å². The number of benzene rings is 1. The number of aliphatic hydroxyl groups excluding tert-OH is 1. The van der Waals surface area contributed by atoms with Crippen molar-refractivity contribution in [3.05, 3.63) is 29.8 Å². The predicted octanol–water partition coefficient (Wildman–Crippen LogP) is 2.81. The zero-order chi connectivity index (χ0) is 12.1. The van der Waals surface area contributed by atoms with Crippen LogP contribution in [-0.4, -0.2) is 24.2 Å². The Hall–Kier alpha value is -1.16. The number of halogens is 2. The van der Waals surface area contributed by atoms with Crippen LogP contribution in [0.15, 0.2) is 24.3 Å². The van der Waals surface area contributed by atoms with E-state index in [9.17, 15) is 8.78 Å². The zero-order valence-electron chi connectivity index (χ0n) is 9.36. The minimum atomic E-state index is -2.77. The molecule has 1 rings (SSSR count). The van der Waals surface area contributed by atoms with Crippen molar-refractivity contribution in [2.45, 2.75) is 32.3 Å². The molecule has 0 radical (unpaired) electrons. The van der Waals surface area contributed by atoms with Crippen molar-refractivity contribution in [3.63, 3.8) is 0 Å². The highest BCUT2D eigenvalue weighted by Gasteiger charge is 2.17. The van der Waals surface area contributed by atoms with Crippen LogP contribution in [0.2, 0.25) is 0 Å². The number of aliphatic hydroxyl groups is 1. The van der Waals surface area contributed by atoms with Crippen LogP contribution in [0.3, 0.4) is 0 Å². The van der Waals surface area contributed by atoms with E-state index in [0.29, 0.717) is 11.7 Å². The summed E-state index contributed by atoms with van der Waals surface area (Å²) in [5, 5.41) is 8.86. The maximum Gasteiger partial charge on any atom is 0.267 e. The zero-order valence-corrected chi connectivity index (χ0v) is 9.36. The fraction of sp³-hybridized carbons (Fsp3) is 0.500. The Labute approximate surface area is 93.9 Å². The van der Waals surface area contributed by atoms with Gasteiger partial charge in [-0.2, -0.15) is 0 Å². The third-order valence-electron chi connectivity index (χ3n) is 2.26. The van der Waals surface area contributed by atoms with Crippen LogP contribution in [0.5, 0.6) is 5.75 Å². The van der Waals surface area contributed by atoms with Gasteiger partial charge in [0, 0.05) is 0 Å². The standard InChI is InChI=1S/C12H16F2O2/c1-8(2)9-3-5-10(6-4-9)16-7-11(15)12(13)14/h3-6,8,11-12,15H,7H2,1-2H3/t11-/m0/s1. The van der Waals surface area contributed by atoms with E-state index < -0.39 is 19.1 Å². The number of alkyl halides is 2. The van der Waals surface area contributed by atoms with Gasteiger partial charge in [-0.15, -0.1) is 0 Å². The molecule has 0 spiro atoms. The summed E-state index contributed by atoms with van der Waals surface area (Å²) >= 11 is 0. The molecule has 0 fully saturated rings.